The number of ketones is 1. The molecule has 5 rings (SSSR count). The van der Waals surface area contributed by atoms with Crippen LogP contribution in [0.15, 0.2) is 28.7 Å². The molecule has 4 aliphatic rings. The summed E-state index contributed by atoms with van der Waals surface area (Å²) in [5, 5.41) is 32.7. The van der Waals surface area contributed by atoms with Gasteiger partial charge in [-0.15, -0.1) is 0 Å². The second kappa shape index (κ2) is 12.6. The fraction of sp³-hybridized carbons (Fsp3) is 0.771. The van der Waals surface area contributed by atoms with Gasteiger partial charge in [-0.2, -0.15) is 0 Å². The molecule has 234 valence electrons. The Morgan fingerprint density at radius 2 is 1.62 bits per heavy atom. The van der Waals surface area contributed by atoms with Gasteiger partial charge < -0.3 is 20.1 Å². The van der Waals surface area contributed by atoms with Crippen LogP contribution in [0.1, 0.15) is 102 Å². The fourth-order valence-electron chi connectivity index (χ4n) is 10.2. The van der Waals surface area contributed by atoms with Crippen LogP contribution in [0, 0.1) is 52.3 Å². The monoisotopic (exact) mass is 646 g/mol. The molecule has 4 fully saturated rings. The topological polar surface area (TPSA) is 104 Å². The molecule has 0 amide bonds. The van der Waals surface area contributed by atoms with Crippen molar-refractivity contribution in [3.05, 3.63) is 34.3 Å². The van der Waals surface area contributed by atoms with Crippen LogP contribution in [0.5, 0.6) is 0 Å². The first-order valence-electron chi connectivity index (χ1n) is 16.3. The third-order valence-electron chi connectivity index (χ3n) is 12.8. The van der Waals surface area contributed by atoms with Gasteiger partial charge in [-0.25, -0.2) is 0 Å². The van der Waals surface area contributed by atoms with E-state index in [0.29, 0.717) is 47.5 Å². The highest BCUT2D eigenvalue weighted by Crippen LogP contribution is 2.68. The second-order valence-corrected chi connectivity index (χ2v) is 15.8. The summed E-state index contributed by atoms with van der Waals surface area (Å²) < 4.78 is 6.15. The number of carbonyl (C=O) groups excluding carboxylic acids is 2. The number of halogens is 1. The number of aliphatic hydroxyl groups is 3. The van der Waals surface area contributed by atoms with Crippen LogP contribution in [0.4, 0.5) is 0 Å². The molecule has 2 unspecified atom stereocenters. The number of esters is 1. The van der Waals surface area contributed by atoms with E-state index in [-0.39, 0.29) is 35.4 Å². The Morgan fingerprint density at radius 1 is 0.952 bits per heavy atom. The van der Waals surface area contributed by atoms with E-state index in [1.807, 2.05) is 0 Å². The first kappa shape index (κ1) is 32.1. The van der Waals surface area contributed by atoms with E-state index in [4.69, 9.17) is 4.74 Å². The molecule has 12 atom stereocenters. The van der Waals surface area contributed by atoms with E-state index >= 15 is 0 Å². The van der Waals surface area contributed by atoms with Gasteiger partial charge in [0.1, 0.15) is 0 Å². The predicted octanol–water partition coefficient (Wildman–Crippen LogP) is 6.58. The van der Waals surface area contributed by atoms with Crippen molar-refractivity contribution < 1.29 is 29.6 Å². The van der Waals surface area contributed by atoms with Crippen LogP contribution in [0.3, 0.4) is 0 Å². The molecule has 4 aliphatic carbocycles. The lowest BCUT2D eigenvalue weighted by atomic mass is 9.43. The molecule has 0 saturated heterocycles. The first-order chi connectivity index (χ1) is 19.8. The molecule has 0 aromatic heterocycles. The van der Waals surface area contributed by atoms with Crippen molar-refractivity contribution in [1.29, 1.82) is 0 Å². The first-order valence-corrected chi connectivity index (χ1v) is 17.1. The van der Waals surface area contributed by atoms with Crippen molar-refractivity contribution in [3.8, 4) is 0 Å². The summed E-state index contributed by atoms with van der Waals surface area (Å²) >= 11 is 3.35. The lowest BCUT2D eigenvalue weighted by molar-refractivity contribution is -0.174. The van der Waals surface area contributed by atoms with Crippen LogP contribution in [0.25, 0.3) is 0 Å². The Hall–Kier alpha value is -1.28. The van der Waals surface area contributed by atoms with Gasteiger partial charge in [-0.1, -0.05) is 48.8 Å². The van der Waals surface area contributed by atoms with Crippen molar-refractivity contribution in [2.75, 3.05) is 6.61 Å². The van der Waals surface area contributed by atoms with E-state index in [2.05, 4.69) is 36.7 Å². The minimum atomic E-state index is -0.817. The maximum Gasteiger partial charge on any atom is 0.311 e. The molecule has 42 heavy (non-hydrogen) atoms. The number of carbonyl (C=O) groups is 2. The number of hydrogen-bond donors (Lipinski definition) is 3. The molecule has 0 bridgehead atoms. The minimum Gasteiger partial charge on any atom is -0.457 e. The molecule has 1 aromatic rings. The Balaban J connectivity index is 1.14. The molecule has 0 radical (unpaired) electrons. The Bertz CT molecular complexity index is 1120. The summed E-state index contributed by atoms with van der Waals surface area (Å²) in [5.41, 5.74) is 0.894. The van der Waals surface area contributed by atoms with Gasteiger partial charge in [0, 0.05) is 10.0 Å². The van der Waals surface area contributed by atoms with Crippen LogP contribution in [0.2, 0.25) is 0 Å². The van der Waals surface area contributed by atoms with Crippen LogP contribution in [-0.4, -0.2) is 52.0 Å². The minimum absolute atomic E-state index is 0.182. The molecule has 4 saturated carbocycles. The molecular weight excluding hydrogens is 596 g/mol. The lowest BCUT2D eigenvalue weighted by Gasteiger charge is -2.62. The van der Waals surface area contributed by atoms with Gasteiger partial charge in [0.25, 0.3) is 0 Å². The van der Waals surface area contributed by atoms with Gasteiger partial charge >= 0.3 is 5.97 Å². The molecule has 7 heteroatoms. The van der Waals surface area contributed by atoms with Gasteiger partial charge in [0.15, 0.2) is 12.4 Å². The number of aliphatic hydroxyl groups excluding tert-OH is 3. The Labute approximate surface area is 260 Å². The van der Waals surface area contributed by atoms with Crippen molar-refractivity contribution in [1.82, 2.24) is 0 Å². The number of benzene rings is 1. The SMILES string of the molecule is CC(C(=O)OCC(=O)c1ccc(Br)cc1)C(O)CC[C@@H](C)[C@H]1CC[C@H]2[C@@H]3[C@H](O)C[C@@H]4C[C@H](O)CC[C@]4(C)[C@H]3CC[C@]12C. The van der Waals surface area contributed by atoms with E-state index in [0.717, 1.165) is 55.8 Å². The largest absolute Gasteiger partial charge is 0.457 e. The van der Waals surface area contributed by atoms with E-state index in [1.54, 1.807) is 31.2 Å². The molecule has 0 spiro atoms. The Morgan fingerprint density at radius 3 is 2.33 bits per heavy atom. The smallest absolute Gasteiger partial charge is 0.311 e. The van der Waals surface area contributed by atoms with E-state index in [1.165, 1.54) is 6.42 Å². The molecular formula is C35H51BrO6. The van der Waals surface area contributed by atoms with Crippen molar-refractivity contribution in [2.24, 2.45) is 52.3 Å². The number of hydrogen-bond acceptors (Lipinski definition) is 6. The zero-order chi connectivity index (χ0) is 30.4. The summed E-state index contributed by atoms with van der Waals surface area (Å²) in [6.45, 7) is 8.57. The zero-order valence-corrected chi connectivity index (χ0v) is 27.4. The number of rotatable bonds is 9. The summed E-state index contributed by atoms with van der Waals surface area (Å²) in [7, 11) is 0. The standard InChI is InChI=1S/C35H51BrO6/c1-20(5-12-29(38)21(2)33(41)42-19-31(40)22-6-8-24(36)9-7-22)26-10-11-27-32-28(14-16-35(26,27)4)34(3)15-13-25(37)17-23(34)18-30(32)39/h6-9,20-21,23,25-30,32,37-39H,5,10-19H2,1-4H3/t20-,21?,23+,25-,26-,27+,28+,29?,30-,32+,34+,35-/m1/s1. The van der Waals surface area contributed by atoms with Crippen molar-refractivity contribution in [2.45, 2.75) is 110 Å². The fourth-order valence-corrected chi connectivity index (χ4v) is 10.5. The highest BCUT2D eigenvalue weighted by Gasteiger charge is 2.62. The maximum atomic E-state index is 12.6. The highest BCUT2D eigenvalue weighted by molar-refractivity contribution is 9.10. The second-order valence-electron chi connectivity index (χ2n) is 14.9. The number of Topliss-reactive ketones (excluding diaryl/α,β-unsaturated/α-hetero) is 1. The van der Waals surface area contributed by atoms with Crippen molar-refractivity contribution >= 4 is 27.7 Å². The third-order valence-corrected chi connectivity index (χ3v) is 13.3. The molecule has 6 nitrogen and oxygen atoms in total. The van der Waals surface area contributed by atoms with Gasteiger partial charge in [0.05, 0.1) is 24.2 Å². The normalized spacial score (nSPS) is 39.8. The predicted molar refractivity (Wildman–Crippen MR) is 166 cm³/mol. The molecule has 0 heterocycles. The molecule has 0 aliphatic heterocycles. The van der Waals surface area contributed by atoms with Crippen LogP contribution >= 0.6 is 15.9 Å². The average molecular weight is 648 g/mol. The quantitative estimate of drug-likeness (QED) is 0.207. The summed E-state index contributed by atoms with van der Waals surface area (Å²) in [6, 6.07) is 6.93. The molecule has 3 N–H and O–H groups in total. The van der Waals surface area contributed by atoms with Crippen LogP contribution in [-0.2, 0) is 9.53 Å². The summed E-state index contributed by atoms with van der Waals surface area (Å²) in [4.78, 5) is 25.0. The molecule has 1 aromatic carbocycles. The van der Waals surface area contributed by atoms with Gasteiger partial charge in [-0.05, 0) is 130 Å². The maximum absolute atomic E-state index is 12.6. The average Bonchev–Trinajstić information content (AvgIpc) is 3.32. The zero-order valence-electron chi connectivity index (χ0n) is 25.8. The highest BCUT2D eigenvalue weighted by atomic mass is 79.9. The number of fused-ring (bicyclic) bond motifs is 5. The van der Waals surface area contributed by atoms with Crippen LogP contribution < -0.4 is 0 Å². The van der Waals surface area contributed by atoms with E-state index < -0.39 is 18.0 Å². The van der Waals surface area contributed by atoms with Crippen molar-refractivity contribution in [3.63, 3.8) is 0 Å². The van der Waals surface area contributed by atoms with Gasteiger partial charge in [-0.3, -0.25) is 9.59 Å². The number of ether oxygens (including phenoxy) is 1. The third kappa shape index (κ3) is 6.01. The van der Waals surface area contributed by atoms with E-state index in [9.17, 15) is 24.9 Å². The lowest BCUT2D eigenvalue weighted by Crippen LogP contribution is -2.58. The summed E-state index contributed by atoms with van der Waals surface area (Å²) in [6.07, 6.45) is 8.34. The van der Waals surface area contributed by atoms with Gasteiger partial charge in [0.2, 0.25) is 0 Å². The summed E-state index contributed by atoms with van der Waals surface area (Å²) in [5.74, 6) is 1.26. The Kier molecular flexibility index (Phi) is 9.64.